The van der Waals surface area contributed by atoms with Gasteiger partial charge in [-0.25, -0.2) is 4.79 Å². The third-order valence-electron chi connectivity index (χ3n) is 5.75. The number of carboxylic acid groups (broad SMARTS) is 1. The number of halogens is 3. The Labute approximate surface area is 195 Å². The number of aromatic carboxylic acids is 1. The molecule has 1 aliphatic rings. The summed E-state index contributed by atoms with van der Waals surface area (Å²) in [5.74, 6) is -1.42. The zero-order chi connectivity index (χ0) is 24.2. The molecule has 4 aromatic rings. The SMILES string of the molecule is Cc1cc(=O)c(C(=O)O)c2n1-c1cc(C(F)(F)F)ccc1SC(c1ccc3nccnc3c1)C2. The second-order valence-electron chi connectivity index (χ2n) is 7.91. The van der Waals surface area contributed by atoms with Crippen molar-refractivity contribution in [3.63, 3.8) is 0 Å². The van der Waals surface area contributed by atoms with Crippen molar-refractivity contribution in [2.24, 2.45) is 0 Å². The van der Waals surface area contributed by atoms with E-state index in [0.717, 1.165) is 23.8 Å². The minimum absolute atomic E-state index is 0.116. The highest BCUT2D eigenvalue weighted by Crippen LogP contribution is 2.46. The van der Waals surface area contributed by atoms with Crippen LogP contribution in [0.1, 0.15) is 38.1 Å². The van der Waals surface area contributed by atoms with Gasteiger partial charge in [-0.3, -0.25) is 14.8 Å². The number of carboxylic acids is 1. The fraction of sp³-hybridized carbons (Fsp3) is 0.167. The van der Waals surface area contributed by atoms with Gasteiger partial charge in [-0.2, -0.15) is 13.2 Å². The summed E-state index contributed by atoms with van der Waals surface area (Å²) in [6.07, 6.45) is -1.33. The Kier molecular flexibility index (Phi) is 5.20. The standard InChI is InChI=1S/C24H16F3N3O3S/c1-12-8-19(31)22(23(32)33)18-11-21(13-2-4-15-16(9-13)29-7-6-28-15)34-20-5-3-14(24(25,26)27)10-17(20)30(12)18/h2-10,21H,11H2,1H3,(H,32,33). The molecule has 1 N–H and O–H groups in total. The van der Waals surface area contributed by atoms with Gasteiger partial charge < -0.3 is 9.67 Å². The molecule has 0 fully saturated rings. The van der Waals surface area contributed by atoms with E-state index in [1.54, 1.807) is 25.4 Å². The van der Waals surface area contributed by atoms with E-state index in [1.165, 1.54) is 22.4 Å². The van der Waals surface area contributed by atoms with E-state index in [2.05, 4.69) is 9.97 Å². The number of hydrogen-bond donors (Lipinski definition) is 1. The molecule has 0 spiro atoms. The van der Waals surface area contributed by atoms with Gasteiger partial charge in [0.2, 0.25) is 0 Å². The Morgan fingerprint density at radius 1 is 1.09 bits per heavy atom. The molecule has 172 valence electrons. The van der Waals surface area contributed by atoms with Crippen LogP contribution in [0.4, 0.5) is 13.2 Å². The molecule has 2 aromatic heterocycles. The average Bonchev–Trinajstić information content (AvgIpc) is 2.94. The van der Waals surface area contributed by atoms with Crippen LogP contribution in [0.15, 0.2) is 64.5 Å². The highest BCUT2D eigenvalue weighted by atomic mass is 32.2. The number of aromatic nitrogens is 3. The third-order valence-corrected chi connectivity index (χ3v) is 7.07. The topological polar surface area (TPSA) is 85.1 Å². The fourth-order valence-electron chi connectivity index (χ4n) is 4.26. The largest absolute Gasteiger partial charge is 0.477 e. The Morgan fingerprint density at radius 2 is 1.82 bits per heavy atom. The Bertz CT molecular complexity index is 1530. The first-order chi connectivity index (χ1) is 16.1. The summed E-state index contributed by atoms with van der Waals surface area (Å²) in [6, 6.07) is 10.0. The third kappa shape index (κ3) is 3.73. The van der Waals surface area contributed by atoms with Crippen LogP contribution in [-0.2, 0) is 12.6 Å². The van der Waals surface area contributed by atoms with Gasteiger partial charge in [-0.15, -0.1) is 11.8 Å². The summed E-state index contributed by atoms with van der Waals surface area (Å²) in [6.45, 7) is 1.58. The summed E-state index contributed by atoms with van der Waals surface area (Å²) in [4.78, 5) is 33.8. The predicted molar refractivity (Wildman–Crippen MR) is 121 cm³/mol. The van der Waals surface area contributed by atoms with E-state index in [4.69, 9.17) is 0 Å². The van der Waals surface area contributed by atoms with Gasteiger partial charge in [0, 0.05) is 46.4 Å². The maximum atomic E-state index is 13.5. The zero-order valence-electron chi connectivity index (χ0n) is 17.6. The van der Waals surface area contributed by atoms with Crippen molar-refractivity contribution < 1.29 is 23.1 Å². The van der Waals surface area contributed by atoms with Gasteiger partial charge in [0.05, 0.1) is 22.3 Å². The molecule has 0 amide bonds. The second kappa shape index (κ2) is 7.98. The predicted octanol–water partition coefficient (Wildman–Crippen LogP) is 5.20. The number of alkyl halides is 3. The van der Waals surface area contributed by atoms with E-state index in [-0.39, 0.29) is 23.1 Å². The molecular weight excluding hydrogens is 467 g/mol. The number of aryl methyl sites for hydroxylation is 1. The summed E-state index contributed by atoms with van der Waals surface area (Å²) in [5, 5.41) is 9.44. The van der Waals surface area contributed by atoms with E-state index >= 15 is 0 Å². The number of pyridine rings is 1. The van der Waals surface area contributed by atoms with Crippen LogP contribution < -0.4 is 5.43 Å². The van der Waals surface area contributed by atoms with Crippen LogP contribution in [0.3, 0.4) is 0 Å². The number of thioether (sulfide) groups is 1. The van der Waals surface area contributed by atoms with E-state index in [0.29, 0.717) is 21.6 Å². The van der Waals surface area contributed by atoms with Crippen molar-refractivity contribution in [3.05, 3.63) is 93.2 Å². The number of rotatable bonds is 2. The van der Waals surface area contributed by atoms with Gasteiger partial charge in [0.25, 0.3) is 0 Å². The van der Waals surface area contributed by atoms with E-state index < -0.39 is 28.7 Å². The van der Waals surface area contributed by atoms with Crippen molar-refractivity contribution >= 4 is 28.8 Å². The molecule has 34 heavy (non-hydrogen) atoms. The monoisotopic (exact) mass is 483 g/mol. The Hall–Kier alpha value is -3.66. The lowest BCUT2D eigenvalue weighted by molar-refractivity contribution is -0.137. The lowest BCUT2D eigenvalue weighted by Crippen LogP contribution is -2.24. The molecular formula is C24H16F3N3O3S. The summed E-state index contributed by atoms with van der Waals surface area (Å²) >= 11 is 1.32. The Morgan fingerprint density at radius 3 is 2.53 bits per heavy atom. The molecule has 0 saturated heterocycles. The normalized spacial score (nSPS) is 15.5. The van der Waals surface area contributed by atoms with Crippen LogP contribution in [0, 0.1) is 6.92 Å². The van der Waals surface area contributed by atoms with Gasteiger partial charge in [0.1, 0.15) is 5.56 Å². The number of fused-ring (bicyclic) bond motifs is 4. The van der Waals surface area contributed by atoms with Gasteiger partial charge in [0.15, 0.2) is 5.43 Å². The van der Waals surface area contributed by atoms with Crippen molar-refractivity contribution in [2.45, 2.75) is 29.7 Å². The molecule has 1 unspecified atom stereocenters. The molecule has 0 bridgehead atoms. The number of benzene rings is 2. The quantitative estimate of drug-likeness (QED) is 0.422. The average molecular weight is 483 g/mol. The lowest BCUT2D eigenvalue weighted by Gasteiger charge is -2.19. The van der Waals surface area contributed by atoms with Crippen LogP contribution in [-0.4, -0.2) is 25.6 Å². The molecule has 1 aliphatic heterocycles. The highest BCUT2D eigenvalue weighted by Gasteiger charge is 2.34. The second-order valence-corrected chi connectivity index (χ2v) is 9.15. The number of carbonyl (C=O) groups is 1. The molecule has 0 aliphatic carbocycles. The maximum absolute atomic E-state index is 13.5. The zero-order valence-corrected chi connectivity index (χ0v) is 18.4. The van der Waals surface area contributed by atoms with Crippen molar-refractivity contribution in [2.75, 3.05) is 0 Å². The fourth-order valence-corrected chi connectivity index (χ4v) is 5.50. The van der Waals surface area contributed by atoms with Gasteiger partial charge in [-0.05, 0) is 42.8 Å². The van der Waals surface area contributed by atoms with Crippen molar-refractivity contribution in [1.29, 1.82) is 0 Å². The van der Waals surface area contributed by atoms with Crippen LogP contribution in [0.2, 0.25) is 0 Å². The van der Waals surface area contributed by atoms with Crippen LogP contribution in [0.5, 0.6) is 0 Å². The summed E-state index contributed by atoms with van der Waals surface area (Å²) < 4.78 is 42.0. The molecule has 5 rings (SSSR count). The first-order valence-corrected chi connectivity index (χ1v) is 11.1. The molecule has 2 aromatic carbocycles. The van der Waals surface area contributed by atoms with E-state index in [1.807, 2.05) is 12.1 Å². The van der Waals surface area contributed by atoms with Crippen molar-refractivity contribution in [1.82, 2.24) is 14.5 Å². The first-order valence-electron chi connectivity index (χ1n) is 10.2. The van der Waals surface area contributed by atoms with Gasteiger partial charge in [-0.1, -0.05) is 6.07 Å². The van der Waals surface area contributed by atoms with Crippen LogP contribution in [0.25, 0.3) is 16.7 Å². The molecule has 10 heteroatoms. The lowest BCUT2D eigenvalue weighted by atomic mass is 10.0. The maximum Gasteiger partial charge on any atom is 0.416 e. The summed E-state index contributed by atoms with van der Waals surface area (Å²) in [5.41, 5.74) is 0.842. The first kappa shape index (κ1) is 22.1. The number of nitrogens with zero attached hydrogens (tertiary/aromatic N) is 3. The van der Waals surface area contributed by atoms with Crippen molar-refractivity contribution in [3.8, 4) is 5.69 Å². The molecule has 1 atom stereocenters. The molecule has 0 saturated carbocycles. The minimum Gasteiger partial charge on any atom is -0.477 e. The van der Waals surface area contributed by atoms with Crippen LogP contribution >= 0.6 is 11.8 Å². The smallest absolute Gasteiger partial charge is 0.416 e. The summed E-state index contributed by atoms with van der Waals surface area (Å²) in [7, 11) is 0. The number of hydrogen-bond acceptors (Lipinski definition) is 5. The van der Waals surface area contributed by atoms with E-state index in [9.17, 15) is 27.9 Å². The van der Waals surface area contributed by atoms with Gasteiger partial charge >= 0.3 is 12.1 Å². The molecule has 0 radical (unpaired) electrons. The molecule has 6 nitrogen and oxygen atoms in total. The minimum atomic E-state index is -4.58. The molecule has 3 heterocycles. The Balaban J connectivity index is 1.79. The highest BCUT2D eigenvalue weighted by molar-refractivity contribution is 7.99.